The number of carbonyl (C=O) groups is 1. The Kier molecular flexibility index (Phi) is 5.01. The number of hydrogen-bond acceptors (Lipinski definition) is 2. The van der Waals surface area contributed by atoms with Gasteiger partial charge in [-0.05, 0) is 31.6 Å². The third kappa shape index (κ3) is 4.15. The van der Waals surface area contributed by atoms with Gasteiger partial charge in [0.05, 0.1) is 12.0 Å². The Bertz CT molecular complexity index is 284. The largest absolute Gasteiger partial charge is 0.391 e. The van der Waals surface area contributed by atoms with E-state index in [1.807, 2.05) is 13.8 Å². The third-order valence-corrected chi connectivity index (χ3v) is 3.56. The number of carbonyl (C=O) groups excluding carboxylic acids is 1. The molecule has 0 radical (unpaired) electrons. The van der Waals surface area contributed by atoms with Crippen molar-refractivity contribution in [2.24, 2.45) is 17.6 Å². The van der Waals surface area contributed by atoms with Crippen molar-refractivity contribution < 1.29 is 18.0 Å². The lowest BCUT2D eigenvalue weighted by Gasteiger charge is -2.31. The molecule has 1 rings (SSSR count). The summed E-state index contributed by atoms with van der Waals surface area (Å²) in [5, 5.41) is 2.74. The lowest BCUT2D eigenvalue weighted by molar-refractivity contribution is -0.182. The monoisotopic (exact) mass is 266 g/mol. The van der Waals surface area contributed by atoms with Gasteiger partial charge >= 0.3 is 6.18 Å². The molecule has 18 heavy (non-hydrogen) atoms. The Hall–Kier alpha value is -0.780. The Morgan fingerprint density at radius 1 is 1.22 bits per heavy atom. The number of nitrogens with two attached hydrogens (primary N) is 1. The van der Waals surface area contributed by atoms with Crippen LogP contribution in [0.4, 0.5) is 13.2 Å². The SMILES string of the molecule is CC(C)C(N)C(=O)NC1CCC(C(F)(F)F)CC1. The van der Waals surface area contributed by atoms with E-state index in [0.717, 1.165) is 0 Å². The summed E-state index contributed by atoms with van der Waals surface area (Å²) >= 11 is 0. The minimum absolute atomic E-state index is 0.0246. The highest BCUT2D eigenvalue weighted by atomic mass is 19.4. The molecule has 0 bridgehead atoms. The Balaban J connectivity index is 2.38. The molecule has 3 nitrogen and oxygen atoms in total. The van der Waals surface area contributed by atoms with Crippen LogP contribution in [0.15, 0.2) is 0 Å². The smallest absolute Gasteiger partial charge is 0.352 e. The van der Waals surface area contributed by atoms with Gasteiger partial charge in [0, 0.05) is 6.04 Å². The fourth-order valence-electron chi connectivity index (χ4n) is 2.17. The fraction of sp³-hybridized carbons (Fsp3) is 0.917. The molecule has 0 spiro atoms. The van der Waals surface area contributed by atoms with E-state index in [4.69, 9.17) is 5.73 Å². The average Bonchev–Trinajstić information content (AvgIpc) is 2.27. The molecule has 6 heteroatoms. The second kappa shape index (κ2) is 5.91. The molecule has 0 aromatic heterocycles. The van der Waals surface area contributed by atoms with Gasteiger partial charge in [-0.15, -0.1) is 0 Å². The second-order valence-electron chi connectivity index (χ2n) is 5.37. The van der Waals surface area contributed by atoms with Crippen molar-refractivity contribution in [2.45, 2.75) is 57.8 Å². The highest BCUT2D eigenvalue weighted by Gasteiger charge is 2.41. The van der Waals surface area contributed by atoms with E-state index in [9.17, 15) is 18.0 Å². The number of amides is 1. The van der Waals surface area contributed by atoms with Crippen LogP contribution in [0.3, 0.4) is 0 Å². The van der Waals surface area contributed by atoms with Gasteiger partial charge in [0.2, 0.25) is 5.91 Å². The topological polar surface area (TPSA) is 55.1 Å². The number of halogens is 3. The predicted octanol–water partition coefficient (Wildman–Crippen LogP) is 2.21. The average molecular weight is 266 g/mol. The highest BCUT2D eigenvalue weighted by molar-refractivity contribution is 5.82. The van der Waals surface area contributed by atoms with E-state index >= 15 is 0 Å². The Morgan fingerprint density at radius 3 is 2.11 bits per heavy atom. The molecular formula is C12H21F3N2O. The second-order valence-corrected chi connectivity index (χ2v) is 5.37. The van der Waals surface area contributed by atoms with E-state index < -0.39 is 18.1 Å². The van der Waals surface area contributed by atoms with Crippen molar-refractivity contribution in [3.8, 4) is 0 Å². The lowest BCUT2D eigenvalue weighted by atomic mass is 9.85. The molecule has 1 fully saturated rings. The van der Waals surface area contributed by atoms with E-state index in [1.54, 1.807) is 0 Å². The van der Waals surface area contributed by atoms with Crippen molar-refractivity contribution in [3.05, 3.63) is 0 Å². The Morgan fingerprint density at radius 2 is 1.72 bits per heavy atom. The van der Waals surface area contributed by atoms with E-state index in [-0.39, 0.29) is 30.7 Å². The van der Waals surface area contributed by atoms with Gasteiger partial charge in [-0.3, -0.25) is 4.79 Å². The maximum atomic E-state index is 12.5. The van der Waals surface area contributed by atoms with E-state index in [1.165, 1.54) is 0 Å². The molecule has 0 aliphatic heterocycles. The molecule has 1 amide bonds. The molecule has 0 saturated heterocycles. The van der Waals surface area contributed by atoms with Crippen molar-refractivity contribution >= 4 is 5.91 Å². The molecule has 106 valence electrons. The predicted molar refractivity (Wildman–Crippen MR) is 62.8 cm³/mol. The van der Waals surface area contributed by atoms with Gasteiger partial charge in [0.25, 0.3) is 0 Å². The van der Waals surface area contributed by atoms with Crippen molar-refractivity contribution in [3.63, 3.8) is 0 Å². The maximum Gasteiger partial charge on any atom is 0.391 e. The zero-order chi connectivity index (χ0) is 13.9. The van der Waals surface area contributed by atoms with Gasteiger partial charge in [-0.2, -0.15) is 13.2 Å². The summed E-state index contributed by atoms with van der Waals surface area (Å²) < 4.78 is 37.4. The summed E-state index contributed by atoms with van der Waals surface area (Å²) in [6.45, 7) is 3.68. The van der Waals surface area contributed by atoms with Crippen LogP contribution in [-0.4, -0.2) is 24.2 Å². The first-order valence-electron chi connectivity index (χ1n) is 6.34. The number of hydrogen-bond donors (Lipinski definition) is 2. The highest BCUT2D eigenvalue weighted by Crippen LogP contribution is 2.37. The van der Waals surface area contributed by atoms with Gasteiger partial charge in [0.1, 0.15) is 0 Å². The first-order valence-corrected chi connectivity index (χ1v) is 6.34. The van der Waals surface area contributed by atoms with Crippen molar-refractivity contribution in [2.75, 3.05) is 0 Å². The molecule has 0 heterocycles. The van der Waals surface area contributed by atoms with Gasteiger partial charge < -0.3 is 11.1 Å². The van der Waals surface area contributed by atoms with Gasteiger partial charge in [0.15, 0.2) is 0 Å². The molecule has 1 aliphatic carbocycles. The molecule has 3 N–H and O–H groups in total. The zero-order valence-corrected chi connectivity index (χ0v) is 10.8. The minimum atomic E-state index is -4.11. The quantitative estimate of drug-likeness (QED) is 0.823. The molecule has 1 atom stereocenters. The van der Waals surface area contributed by atoms with Gasteiger partial charge in [-0.25, -0.2) is 0 Å². The summed E-state index contributed by atoms with van der Waals surface area (Å²) in [7, 11) is 0. The molecular weight excluding hydrogens is 245 g/mol. The molecule has 0 aromatic carbocycles. The van der Waals surface area contributed by atoms with E-state index in [0.29, 0.717) is 12.8 Å². The lowest BCUT2D eigenvalue weighted by Crippen LogP contribution is -2.49. The normalized spacial score (nSPS) is 27.1. The number of alkyl halides is 3. The third-order valence-electron chi connectivity index (χ3n) is 3.56. The van der Waals surface area contributed by atoms with E-state index in [2.05, 4.69) is 5.32 Å². The van der Waals surface area contributed by atoms with Crippen LogP contribution in [0.1, 0.15) is 39.5 Å². The van der Waals surface area contributed by atoms with Crippen LogP contribution in [-0.2, 0) is 4.79 Å². The summed E-state index contributed by atoms with van der Waals surface area (Å²) in [5.41, 5.74) is 5.68. The molecule has 1 unspecified atom stereocenters. The summed E-state index contributed by atoms with van der Waals surface area (Å²) in [6, 6.07) is -0.758. The number of nitrogens with one attached hydrogen (secondary N) is 1. The first-order chi connectivity index (χ1) is 8.21. The standard InChI is InChI=1S/C12H21F3N2O/c1-7(2)10(16)11(18)17-9-5-3-8(4-6-9)12(13,14)15/h7-10H,3-6,16H2,1-2H3,(H,17,18). The zero-order valence-electron chi connectivity index (χ0n) is 10.8. The van der Waals surface area contributed by atoms with Crippen LogP contribution in [0.25, 0.3) is 0 Å². The molecule has 0 aromatic rings. The van der Waals surface area contributed by atoms with Crippen molar-refractivity contribution in [1.82, 2.24) is 5.32 Å². The summed E-state index contributed by atoms with van der Waals surface area (Å²) in [5.74, 6) is -1.46. The van der Waals surface area contributed by atoms with Crippen molar-refractivity contribution in [1.29, 1.82) is 0 Å². The van der Waals surface area contributed by atoms with Crippen LogP contribution < -0.4 is 11.1 Å². The number of rotatable bonds is 3. The Labute approximate surface area is 105 Å². The maximum absolute atomic E-state index is 12.5. The summed E-state index contributed by atoms with van der Waals surface area (Å²) in [4.78, 5) is 11.7. The molecule has 1 saturated carbocycles. The minimum Gasteiger partial charge on any atom is -0.352 e. The summed E-state index contributed by atoms with van der Waals surface area (Å²) in [6.07, 6.45) is -3.18. The van der Waals surface area contributed by atoms with Crippen LogP contribution >= 0.6 is 0 Å². The fourth-order valence-corrected chi connectivity index (χ4v) is 2.17. The van der Waals surface area contributed by atoms with Crippen LogP contribution in [0.5, 0.6) is 0 Å². The van der Waals surface area contributed by atoms with Gasteiger partial charge in [-0.1, -0.05) is 13.8 Å². The first kappa shape index (κ1) is 15.3. The molecule has 1 aliphatic rings. The van der Waals surface area contributed by atoms with Crippen LogP contribution in [0.2, 0.25) is 0 Å². The van der Waals surface area contributed by atoms with Crippen LogP contribution in [0, 0.1) is 11.8 Å².